The van der Waals surface area contributed by atoms with Crippen LogP contribution < -0.4 is 0 Å². The molecule has 0 unspecified atom stereocenters. The molecule has 0 aromatic carbocycles. The maximum atomic E-state index is 2.27. The molecule has 0 saturated heterocycles. The van der Waals surface area contributed by atoms with Crippen LogP contribution in [0.3, 0.4) is 0 Å². The Morgan fingerprint density at radius 2 is 0.467 bits per heavy atom. The summed E-state index contributed by atoms with van der Waals surface area (Å²) < 4.78 is 0. The van der Waals surface area contributed by atoms with Gasteiger partial charge in [-0.15, -0.1) is 0 Å². The minimum Gasteiger partial charge on any atom is 0 e. The van der Waals surface area contributed by atoms with Crippen molar-refractivity contribution in [1.82, 2.24) is 0 Å². The molecule has 0 amide bonds. The summed E-state index contributed by atoms with van der Waals surface area (Å²) in [6, 6.07) is 0. The summed E-state index contributed by atoms with van der Waals surface area (Å²) in [7, 11) is 0.361. The SMILES string of the molecule is C[Si](C)C.C[Si](C)C.C[Si](C)C.C[Te].[Ge]. The van der Waals surface area contributed by atoms with Gasteiger partial charge in [-0.3, -0.25) is 0 Å². The molecule has 0 aliphatic rings. The number of hydrogen-bond donors (Lipinski definition) is 0. The molecular formula is C10H30GeSi3Te. The third-order valence-corrected chi connectivity index (χ3v) is 0. The van der Waals surface area contributed by atoms with E-state index in [4.69, 9.17) is 0 Å². The summed E-state index contributed by atoms with van der Waals surface area (Å²) in [5.41, 5.74) is 0. The molecule has 0 heterocycles. The second kappa shape index (κ2) is 29.7. The molecule has 92 valence electrons. The first kappa shape index (κ1) is 30.2. The van der Waals surface area contributed by atoms with E-state index in [1.165, 1.54) is 0 Å². The van der Waals surface area contributed by atoms with E-state index in [1.54, 1.807) is 0 Å². The van der Waals surface area contributed by atoms with E-state index in [-0.39, 0.29) is 44.0 Å². The second-order valence-corrected chi connectivity index (χ2v) is 13.5. The summed E-state index contributed by atoms with van der Waals surface area (Å²) in [4.78, 5) is 2.01. The van der Waals surface area contributed by atoms with Crippen LogP contribution in [0, 0.1) is 0 Å². The molecule has 0 bridgehead atoms. The van der Waals surface area contributed by atoms with E-state index in [2.05, 4.69) is 58.9 Å². The largest absolute Gasteiger partial charge is 0 e. The molecule has 0 spiro atoms. The fourth-order valence-corrected chi connectivity index (χ4v) is 0. The van der Waals surface area contributed by atoms with Crippen LogP contribution in [0.1, 0.15) is 0 Å². The van der Waals surface area contributed by atoms with Gasteiger partial charge in [0.25, 0.3) is 0 Å². The van der Waals surface area contributed by atoms with E-state index in [1.807, 2.05) is 27.3 Å². The Hall–Kier alpha value is 1.98. The minimum atomic E-state index is 0. The zero-order valence-electron chi connectivity index (χ0n) is 12.4. The Bertz CT molecular complexity index is 49.2. The number of rotatable bonds is 0. The molecule has 0 aliphatic heterocycles. The van der Waals surface area contributed by atoms with Gasteiger partial charge in [-0.05, 0) is 0 Å². The normalized spacial score (nSPS) is 7.60. The molecule has 0 saturated carbocycles. The van der Waals surface area contributed by atoms with Crippen molar-refractivity contribution in [2.24, 2.45) is 0 Å². The summed E-state index contributed by atoms with van der Waals surface area (Å²) >= 11 is 1.95. The van der Waals surface area contributed by atoms with E-state index in [9.17, 15) is 0 Å². The van der Waals surface area contributed by atoms with Crippen LogP contribution in [-0.4, -0.2) is 66.3 Å². The molecule has 8 radical (unpaired) electrons. The van der Waals surface area contributed by atoms with Gasteiger partial charge >= 0.3 is 27.3 Å². The topological polar surface area (TPSA) is 0 Å². The van der Waals surface area contributed by atoms with Gasteiger partial charge in [0.15, 0.2) is 0 Å². The first-order valence-electron chi connectivity index (χ1n) is 4.91. The summed E-state index contributed by atoms with van der Waals surface area (Å²) in [5.74, 6) is 0. The van der Waals surface area contributed by atoms with E-state index < -0.39 is 0 Å². The van der Waals surface area contributed by atoms with Gasteiger partial charge in [0, 0.05) is 44.0 Å². The molecule has 0 rings (SSSR count). The van der Waals surface area contributed by atoms with Crippen molar-refractivity contribution in [3.8, 4) is 0 Å². The second-order valence-electron chi connectivity index (χ2n) is 4.50. The third kappa shape index (κ3) is 795. The zero-order chi connectivity index (χ0) is 12.7. The van der Waals surface area contributed by atoms with Crippen LogP contribution in [0.4, 0.5) is 0 Å². The van der Waals surface area contributed by atoms with Crippen LogP contribution >= 0.6 is 0 Å². The third-order valence-electron chi connectivity index (χ3n) is 0. The van der Waals surface area contributed by atoms with Crippen LogP contribution in [0.15, 0.2) is 0 Å². The molecule has 0 nitrogen and oxygen atoms in total. The summed E-state index contributed by atoms with van der Waals surface area (Å²) in [5, 5.41) is 0. The quantitative estimate of drug-likeness (QED) is 0.507. The average Bonchev–Trinajstić information content (AvgIpc) is 1.86. The van der Waals surface area contributed by atoms with Gasteiger partial charge in [-0.25, -0.2) is 0 Å². The van der Waals surface area contributed by atoms with Gasteiger partial charge in [0.1, 0.15) is 0 Å². The van der Waals surface area contributed by atoms with Gasteiger partial charge < -0.3 is 0 Å². The Kier molecular flexibility index (Phi) is 59.9. The fourth-order valence-electron chi connectivity index (χ4n) is 0. The minimum absolute atomic E-state index is 0. The maximum Gasteiger partial charge on any atom is 0 e. The maximum absolute atomic E-state index is 2.27. The van der Waals surface area contributed by atoms with Crippen molar-refractivity contribution in [3.63, 3.8) is 0 Å². The van der Waals surface area contributed by atoms with Crippen molar-refractivity contribution < 1.29 is 0 Å². The van der Waals surface area contributed by atoms with Gasteiger partial charge in [-0.2, -0.15) is 0 Å². The van der Waals surface area contributed by atoms with Gasteiger partial charge in [0.05, 0.1) is 0 Å². The Balaban J connectivity index is -0.0000000298. The molecule has 0 aliphatic carbocycles. The molecule has 0 aromatic rings. The molecule has 0 atom stereocenters. The molecule has 0 fully saturated rings. The van der Waals surface area contributed by atoms with Crippen molar-refractivity contribution in [2.75, 3.05) is 0 Å². The Labute approximate surface area is 129 Å². The van der Waals surface area contributed by atoms with E-state index in [0.29, 0.717) is 0 Å². The van der Waals surface area contributed by atoms with Crippen molar-refractivity contribution in [2.45, 2.75) is 63.9 Å². The van der Waals surface area contributed by atoms with Gasteiger partial charge in [-0.1, -0.05) is 58.9 Å². The van der Waals surface area contributed by atoms with Crippen LogP contribution in [0.25, 0.3) is 0 Å². The standard InChI is InChI=1S/3C3H9Si.CH3Te.Ge/c3*1-4(2)3;1-2;/h3*1-3H3;1H3;. The van der Waals surface area contributed by atoms with Crippen molar-refractivity contribution in [1.29, 1.82) is 0 Å². The summed E-state index contributed by atoms with van der Waals surface area (Å²) in [6.07, 6.45) is 0. The molecular weight excluding hydrogens is 405 g/mol. The first-order valence-corrected chi connectivity index (χ1v) is 16.2. The van der Waals surface area contributed by atoms with E-state index >= 15 is 0 Å². The number of hydrogen-bond acceptors (Lipinski definition) is 0. The average molecular weight is 435 g/mol. The Morgan fingerprint density at radius 3 is 0.467 bits per heavy atom. The fraction of sp³-hybridized carbons (Fsp3) is 1.00. The van der Waals surface area contributed by atoms with Crippen molar-refractivity contribution in [3.05, 3.63) is 0 Å². The van der Waals surface area contributed by atoms with Gasteiger partial charge in [0.2, 0.25) is 0 Å². The molecule has 15 heavy (non-hydrogen) atoms. The van der Waals surface area contributed by atoms with Crippen LogP contribution in [-0.2, 0) is 0 Å². The molecule has 0 aromatic heterocycles. The van der Waals surface area contributed by atoms with Crippen LogP contribution in [0.5, 0.6) is 0 Å². The monoisotopic (exact) mass is 438 g/mol. The molecule has 0 N–H and O–H groups in total. The predicted molar refractivity (Wildman–Crippen MR) is 87.4 cm³/mol. The van der Waals surface area contributed by atoms with Crippen LogP contribution in [0.2, 0.25) is 63.9 Å². The predicted octanol–water partition coefficient (Wildman–Crippen LogP) is 3.93. The first-order chi connectivity index (χ1) is 6.20. The smallest absolute Gasteiger partial charge is 0 e. The Morgan fingerprint density at radius 1 is 0.467 bits per heavy atom. The van der Waals surface area contributed by atoms with E-state index in [0.717, 1.165) is 0 Å². The van der Waals surface area contributed by atoms with Crippen molar-refractivity contribution >= 4 is 66.3 Å². The zero-order valence-corrected chi connectivity index (χ0v) is 19.8. The molecule has 5 heteroatoms. The summed E-state index contributed by atoms with van der Waals surface area (Å²) in [6.45, 7) is 20.4.